The highest BCUT2D eigenvalue weighted by molar-refractivity contribution is 5.25. The van der Waals surface area contributed by atoms with E-state index in [1.54, 1.807) is 0 Å². The maximum absolute atomic E-state index is 4.60. The molecule has 0 aliphatic carbocycles. The van der Waals surface area contributed by atoms with Crippen LogP contribution in [0.25, 0.3) is 0 Å². The van der Waals surface area contributed by atoms with Gasteiger partial charge < -0.3 is 0 Å². The molecule has 0 spiro atoms. The molecule has 1 heteroatoms. The molecule has 124 valence electrons. The highest BCUT2D eigenvalue weighted by atomic mass is 14.7. The molecule has 2 aromatic rings. The Kier molecular flexibility index (Phi) is 6.38. The van der Waals surface area contributed by atoms with Crippen molar-refractivity contribution in [3.63, 3.8) is 0 Å². The lowest BCUT2D eigenvalue weighted by Gasteiger charge is -2.17. The smallest absolute Gasteiger partial charge is 0.0429 e. The molecule has 1 heterocycles. The molecule has 2 unspecified atom stereocenters. The molecule has 23 heavy (non-hydrogen) atoms. The van der Waals surface area contributed by atoms with E-state index in [2.05, 4.69) is 82.2 Å². The highest BCUT2D eigenvalue weighted by Gasteiger charge is 2.11. The Morgan fingerprint density at radius 2 is 1.35 bits per heavy atom. The molecule has 0 saturated heterocycles. The Morgan fingerprint density at radius 1 is 0.783 bits per heavy atom. The van der Waals surface area contributed by atoms with Crippen molar-refractivity contribution in [3.05, 3.63) is 65.0 Å². The van der Waals surface area contributed by atoms with E-state index in [0.29, 0.717) is 17.8 Å². The van der Waals surface area contributed by atoms with E-state index >= 15 is 0 Å². The monoisotopic (exact) mass is 309 g/mol. The first-order valence-corrected chi connectivity index (χ1v) is 9.06. The Balaban J connectivity index is 1.90. The van der Waals surface area contributed by atoms with E-state index in [1.165, 1.54) is 35.2 Å². The van der Waals surface area contributed by atoms with E-state index in [1.807, 2.05) is 0 Å². The quantitative estimate of drug-likeness (QED) is 0.572. The van der Waals surface area contributed by atoms with Gasteiger partial charge in [0, 0.05) is 11.9 Å². The van der Waals surface area contributed by atoms with Crippen LogP contribution in [0.4, 0.5) is 0 Å². The molecule has 0 aliphatic heterocycles. The standard InChI is InChI=1S/C22H31N/c1-6-19-9-11-20(12-10-19)17(4)7-8-18(5)21-13-14-22(16(2)3)23-15-21/h9-18H,6-8H2,1-5H3. The number of nitrogens with zero attached hydrogens (tertiary/aromatic N) is 1. The summed E-state index contributed by atoms with van der Waals surface area (Å²) in [5, 5.41) is 0. The van der Waals surface area contributed by atoms with Crippen molar-refractivity contribution >= 4 is 0 Å². The van der Waals surface area contributed by atoms with Gasteiger partial charge in [0.1, 0.15) is 0 Å². The van der Waals surface area contributed by atoms with Crippen LogP contribution in [0.2, 0.25) is 0 Å². The number of aromatic nitrogens is 1. The SMILES string of the molecule is CCc1ccc(C(C)CCC(C)c2ccc(C(C)C)nc2)cc1. The molecule has 1 nitrogen and oxygen atoms in total. The van der Waals surface area contributed by atoms with Crippen molar-refractivity contribution in [2.45, 2.75) is 71.6 Å². The van der Waals surface area contributed by atoms with Gasteiger partial charge in [-0.15, -0.1) is 0 Å². The minimum Gasteiger partial charge on any atom is -0.261 e. The second kappa shape index (κ2) is 8.29. The van der Waals surface area contributed by atoms with Crippen LogP contribution in [-0.2, 0) is 6.42 Å². The largest absolute Gasteiger partial charge is 0.261 e. The summed E-state index contributed by atoms with van der Waals surface area (Å²) in [5.74, 6) is 1.69. The van der Waals surface area contributed by atoms with Gasteiger partial charge >= 0.3 is 0 Å². The van der Waals surface area contributed by atoms with Crippen molar-refractivity contribution in [2.24, 2.45) is 0 Å². The van der Waals surface area contributed by atoms with Gasteiger partial charge in [-0.3, -0.25) is 4.98 Å². The normalized spacial score (nSPS) is 14.0. The van der Waals surface area contributed by atoms with Crippen LogP contribution >= 0.6 is 0 Å². The Bertz CT molecular complexity index is 580. The number of pyridine rings is 1. The van der Waals surface area contributed by atoms with Gasteiger partial charge in [-0.05, 0) is 59.8 Å². The van der Waals surface area contributed by atoms with E-state index in [0.717, 1.165) is 6.42 Å². The van der Waals surface area contributed by atoms with Crippen LogP contribution in [0.5, 0.6) is 0 Å². The predicted octanol–water partition coefficient (Wildman–Crippen LogP) is 6.45. The van der Waals surface area contributed by atoms with Gasteiger partial charge in [0.05, 0.1) is 0 Å². The van der Waals surface area contributed by atoms with Gasteiger partial charge in [-0.1, -0.05) is 65.0 Å². The van der Waals surface area contributed by atoms with Gasteiger partial charge in [-0.2, -0.15) is 0 Å². The van der Waals surface area contributed by atoms with E-state index in [4.69, 9.17) is 0 Å². The number of rotatable bonds is 7. The van der Waals surface area contributed by atoms with E-state index in [-0.39, 0.29) is 0 Å². The number of hydrogen-bond acceptors (Lipinski definition) is 1. The molecule has 1 aromatic heterocycles. The summed E-state index contributed by atoms with van der Waals surface area (Å²) in [5.41, 5.74) is 5.43. The lowest BCUT2D eigenvalue weighted by molar-refractivity contribution is 0.572. The molecule has 0 fully saturated rings. The van der Waals surface area contributed by atoms with Crippen molar-refractivity contribution in [1.29, 1.82) is 0 Å². The first kappa shape index (κ1) is 17.7. The number of aryl methyl sites for hydroxylation is 1. The van der Waals surface area contributed by atoms with Crippen molar-refractivity contribution in [2.75, 3.05) is 0 Å². The molecule has 0 radical (unpaired) electrons. The van der Waals surface area contributed by atoms with Gasteiger partial charge in [0.2, 0.25) is 0 Å². The Hall–Kier alpha value is -1.63. The third-order valence-corrected chi connectivity index (χ3v) is 4.96. The molecule has 0 bridgehead atoms. The van der Waals surface area contributed by atoms with Crippen molar-refractivity contribution in [1.82, 2.24) is 4.98 Å². The summed E-state index contributed by atoms with van der Waals surface area (Å²) in [6.45, 7) is 11.2. The Labute approximate surface area is 142 Å². The second-order valence-corrected chi connectivity index (χ2v) is 7.15. The summed E-state index contributed by atoms with van der Waals surface area (Å²) in [7, 11) is 0. The lowest BCUT2D eigenvalue weighted by Crippen LogP contribution is -2.01. The fourth-order valence-corrected chi connectivity index (χ4v) is 2.96. The first-order chi connectivity index (χ1) is 11.0. The number of hydrogen-bond donors (Lipinski definition) is 0. The Morgan fingerprint density at radius 3 is 1.83 bits per heavy atom. The van der Waals surface area contributed by atoms with Crippen LogP contribution in [0.15, 0.2) is 42.6 Å². The first-order valence-electron chi connectivity index (χ1n) is 9.06. The maximum atomic E-state index is 4.60. The molecule has 0 amide bonds. The predicted molar refractivity (Wildman–Crippen MR) is 100 cm³/mol. The van der Waals surface area contributed by atoms with Crippen molar-refractivity contribution < 1.29 is 0 Å². The molecular formula is C22H31N. The fraction of sp³-hybridized carbons (Fsp3) is 0.500. The zero-order valence-electron chi connectivity index (χ0n) is 15.3. The van der Waals surface area contributed by atoms with Crippen LogP contribution in [0, 0.1) is 0 Å². The van der Waals surface area contributed by atoms with E-state index in [9.17, 15) is 0 Å². The fourth-order valence-electron chi connectivity index (χ4n) is 2.96. The van der Waals surface area contributed by atoms with Crippen molar-refractivity contribution in [3.8, 4) is 0 Å². The van der Waals surface area contributed by atoms with Crippen LogP contribution < -0.4 is 0 Å². The molecule has 0 N–H and O–H groups in total. The third kappa shape index (κ3) is 4.92. The zero-order valence-corrected chi connectivity index (χ0v) is 15.3. The van der Waals surface area contributed by atoms with Crippen LogP contribution in [-0.4, -0.2) is 4.98 Å². The summed E-state index contributed by atoms with van der Waals surface area (Å²) >= 11 is 0. The average Bonchev–Trinajstić information content (AvgIpc) is 2.59. The molecular weight excluding hydrogens is 278 g/mol. The van der Waals surface area contributed by atoms with Crippen LogP contribution in [0.1, 0.15) is 87.6 Å². The van der Waals surface area contributed by atoms with Gasteiger partial charge in [0.25, 0.3) is 0 Å². The minimum absolute atomic E-state index is 0.505. The zero-order chi connectivity index (χ0) is 16.8. The molecule has 2 atom stereocenters. The molecule has 2 rings (SSSR count). The third-order valence-electron chi connectivity index (χ3n) is 4.96. The molecule has 0 aliphatic rings. The maximum Gasteiger partial charge on any atom is 0.0429 e. The molecule has 1 aromatic carbocycles. The lowest BCUT2D eigenvalue weighted by atomic mass is 9.89. The summed E-state index contributed by atoms with van der Waals surface area (Å²) in [4.78, 5) is 4.60. The molecule has 0 saturated carbocycles. The second-order valence-electron chi connectivity index (χ2n) is 7.15. The van der Waals surface area contributed by atoms with Gasteiger partial charge in [-0.25, -0.2) is 0 Å². The number of benzene rings is 1. The van der Waals surface area contributed by atoms with E-state index < -0.39 is 0 Å². The van der Waals surface area contributed by atoms with Gasteiger partial charge in [0.15, 0.2) is 0 Å². The highest BCUT2D eigenvalue weighted by Crippen LogP contribution is 2.28. The summed E-state index contributed by atoms with van der Waals surface area (Å²) in [6, 6.07) is 13.6. The minimum atomic E-state index is 0.505. The van der Waals surface area contributed by atoms with Crippen LogP contribution in [0.3, 0.4) is 0 Å². The summed E-state index contributed by atoms with van der Waals surface area (Å²) in [6.07, 6.45) is 5.61. The topological polar surface area (TPSA) is 12.9 Å². The summed E-state index contributed by atoms with van der Waals surface area (Å²) < 4.78 is 0. The average molecular weight is 309 g/mol.